The van der Waals surface area contributed by atoms with Gasteiger partial charge in [-0.2, -0.15) is 0 Å². The first kappa shape index (κ1) is 13.1. The Hall–Kier alpha value is -0.940. The van der Waals surface area contributed by atoms with E-state index in [-0.39, 0.29) is 6.04 Å². The summed E-state index contributed by atoms with van der Waals surface area (Å²) in [6, 6.07) is -0.0270. The maximum absolute atomic E-state index is 9.59. The molecule has 0 bridgehead atoms. The average Bonchev–Trinajstić information content (AvgIpc) is 2.62. The van der Waals surface area contributed by atoms with Crippen molar-refractivity contribution in [2.24, 2.45) is 5.73 Å². The van der Waals surface area contributed by atoms with E-state index in [2.05, 4.69) is 17.2 Å². The van der Waals surface area contributed by atoms with E-state index in [4.69, 9.17) is 5.73 Å². The lowest BCUT2D eigenvalue weighted by atomic mass is 10.1. The van der Waals surface area contributed by atoms with Gasteiger partial charge in [-0.15, -0.1) is 5.10 Å². The fourth-order valence-corrected chi connectivity index (χ4v) is 1.44. The molecular weight excluding hydrogens is 204 g/mol. The average molecular weight is 226 g/mol. The zero-order valence-corrected chi connectivity index (χ0v) is 10.3. The van der Waals surface area contributed by atoms with Crippen LogP contribution in [0.5, 0.6) is 0 Å². The molecule has 0 amide bonds. The van der Waals surface area contributed by atoms with E-state index in [0.717, 1.165) is 18.5 Å². The summed E-state index contributed by atoms with van der Waals surface area (Å²) in [7, 11) is 0. The van der Waals surface area contributed by atoms with E-state index in [9.17, 15) is 5.11 Å². The second-order valence-electron chi connectivity index (χ2n) is 4.86. The number of aliphatic hydroxyl groups is 1. The van der Waals surface area contributed by atoms with Gasteiger partial charge >= 0.3 is 0 Å². The van der Waals surface area contributed by atoms with Gasteiger partial charge in [0.05, 0.1) is 23.5 Å². The van der Waals surface area contributed by atoms with Crippen LogP contribution < -0.4 is 5.73 Å². The molecule has 3 N–H and O–H groups in total. The Labute approximate surface area is 96.6 Å². The highest BCUT2D eigenvalue weighted by molar-refractivity contribution is 4.99. The van der Waals surface area contributed by atoms with Crippen LogP contribution in [0.2, 0.25) is 0 Å². The molecule has 1 unspecified atom stereocenters. The van der Waals surface area contributed by atoms with Gasteiger partial charge in [0.15, 0.2) is 0 Å². The molecule has 0 spiro atoms. The van der Waals surface area contributed by atoms with Crippen molar-refractivity contribution in [1.82, 2.24) is 15.0 Å². The van der Waals surface area contributed by atoms with Crippen LogP contribution in [-0.2, 0) is 6.54 Å². The number of hydrogen-bond acceptors (Lipinski definition) is 4. The summed E-state index contributed by atoms with van der Waals surface area (Å²) in [5.74, 6) is 0. The monoisotopic (exact) mass is 226 g/mol. The normalized spacial score (nSPS) is 14.1. The quantitative estimate of drug-likeness (QED) is 0.765. The highest BCUT2D eigenvalue weighted by Gasteiger charge is 2.14. The smallest absolute Gasteiger partial charge is 0.0994 e. The molecule has 0 aliphatic rings. The molecular formula is C11H22N4O. The lowest BCUT2D eigenvalue weighted by Crippen LogP contribution is -2.21. The van der Waals surface area contributed by atoms with Gasteiger partial charge in [-0.25, -0.2) is 0 Å². The van der Waals surface area contributed by atoms with Crippen LogP contribution in [0, 0.1) is 0 Å². The number of nitrogens with two attached hydrogens (primary N) is 1. The molecule has 0 saturated heterocycles. The predicted molar refractivity (Wildman–Crippen MR) is 62.8 cm³/mol. The molecule has 0 aromatic carbocycles. The minimum absolute atomic E-state index is 0.0270. The van der Waals surface area contributed by atoms with Gasteiger partial charge in [0.2, 0.25) is 0 Å². The number of aromatic nitrogens is 3. The first-order valence-corrected chi connectivity index (χ1v) is 5.80. The Bertz CT molecular complexity index is 316. The first-order valence-electron chi connectivity index (χ1n) is 5.80. The SMILES string of the molecule is CCCC(N)c1cn(CCC(C)(C)O)nn1. The summed E-state index contributed by atoms with van der Waals surface area (Å²) >= 11 is 0. The lowest BCUT2D eigenvalue weighted by molar-refractivity contribution is 0.0649. The molecule has 92 valence electrons. The van der Waals surface area contributed by atoms with E-state index >= 15 is 0 Å². The molecule has 0 saturated carbocycles. The summed E-state index contributed by atoms with van der Waals surface area (Å²) in [6.45, 7) is 6.33. The van der Waals surface area contributed by atoms with Crippen molar-refractivity contribution in [3.8, 4) is 0 Å². The molecule has 0 aliphatic heterocycles. The van der Waals surface area contributed by atoms with Crippen molar-refractivity contribution < 1.29 is 5.11 Å². The summed E-state index contributed by atoms with van der Waals surface area (Å²) in [6.07, 6.45) is 4.48. The minimum atomic E-state index is -0.669. The third-order valence-electron chi connectivity index (χ3n) is 2.49. The highest BCUT2D eigenvalue weighted by atomic mass is 16.3. The zero-order valence-electron chi connectivity index (χ0n) is 10.3. The van der Waals surface area contributed by atoms with Crippen LogP contribution in [0.15, 0.2) is 6.20 Å². The zero-order chi connectivity index (χ0) is 12.2. The molecule has 0 aliphatic carbocycles. The number of rotatable bonds is 6. The standard InChI is InChI=1S/C11H22N4O/c1-4-5-9(12)10-8-15(14-13-10)7-6-11(2,3)16/h8-9,16H,4-7,12H2,1-3H3. The Kier molecular flexibility index (Phi) is 4.44. The largest absolute Gasteiger partial charge is 0.390 e. The van der Waals surface area contributed by atoms with E-state index < -0.39 is 5.60 Å². The third kappa shape index (κ3) is 4.28. The van der Waals surface area contributed by atoms with E-state index in [1.54, 1.807) is 18.5 Å². The molecule has 5 heteroatoms. The van der Waals surface area contributed by atoms with Crippen molar-refractivity contribution in [3.63, 3.8) is 0 Å². The van der Waals surface area contributed by atoms with Crippen molar-refractivity contribution in [3.05, 3.63) is 11.9 Å². The summed E-state index contributed by atoms with van der Waals surface area (Å²) < 4.78 is 1.74. The Morgan fingerprint density at radius 1 is 1.56 bits per heavy atom. The van der Waals surface area contributed by atoms with Crippen LogP contribution >= 0.6 is 0 Å². The van der Waals surface area contributed by atoms with Gasteiger partial charge in [0, 0.05) is 6.54 Å². The molecule has 5 nitrogen and oxygen atoms in total. The maximum atomic E-state index is 9.59. The van der Waals surface area contributed by atoms with Gasteiger partial charge in [-0.1, -0.05) is 18.6 Å². The van der Waals surface area contributed by atoms with Crippen molar-refractivity contribution >= 4 is 0 Å². The molecule has 16 heavy (non-hydrogen) atoms. The molecule has 0 radical (unpaired) electrons. The predicted octanol–water partition coefficient (Wildman–Crippen LogP) is 1.24. The van der Waals surface area contributed by atoms with E-state index in [1.165, 1.54) is 0 Å². The van der Waals surface area contributed by atoms with Crippen molar-refractivity contribution in [2.45, 2.75) is 58.2 Å². The summed E-state index contributed by atoms with van der Waals surface area (Å²) in [5, 5.41) is 17.6. The second kappa shape index (κ2) is 5.41. The Balaban J connectivity index is 2.51. The molecule has 1 aromatic heterocycles. The van der Waals surface area contributed by atoms with Gasteiger partial charge in [-0.05, 0) is 26.7 Å². The summed E-state index contributed by atoms with van der Waals surface area (Å²) in [4.78, 5) is 0. The Morgan fingerprint density at radius 3 is 2.81 bits per heavy atom. The van der Waals surface area contributed by atoms with Crippen molar-refractivity contribution in [1.29, 1.82) is 0 Å². The van der Waals surface area contributed by atoms with Gasteiger partial charge in [-0.3, -0.25) is 4.68 Å². The molecule has 1 heterocycles. The molecule has 1 rings (SSSR count). The van der Waals surface area contributed by atoms with Gasteiger partial charge in [0.25, 0.3) is 0 Å². The minimum Gasteiger partial charge on any atom is -0.390 e. The lowest BCUT2D eigenvalue weighted by Gasteiger charge is -2.15. The fraction of sp³-hybridized carbons (Fsp3) is 0.818. The third-order valence-corrected chi connectivity index (χ3v) is 2.49. The fourth-order valence-electron chi connectivity index (χ4n) is 1.44. The van der Waals surface area contributed by atoms with Crippen LogP contribution in [0.3, 0.4) is 0 Å². The highest BCUT2D eigenvalue weighted by Crippen LogP contribution is 2.13. The maximum Gasteiger partial charge on any atom is 0.0994 e. The number of aryl methyl sites for hydroxylation is 1. The molecule has 1 aromatic rings. The first-order chi connectivity index (χ1) is 7.42. The number of nitrogens with zero attached hydrogens (tertiary/aromatic N) is 3. The van der Waals surface area contributed by atoms with Gasteiger partial charge < -0.3 is 10.8 Å². The number of hydrogen-bond donors (Lipinski definition) is 2. The van der Waals surface area contributed by atoms with E-state index in [1.807, 2.05) is 6.20 Å². The van der Waals surface area contributed by atoms with Crippen molar-refractivity contribution in [2.75, 3.05) is 0 Å². The van der Waals surface area contributed by atoms with E-state index in [0.29, 0.717) is 13.0 Å². The van der Waals surface area contributed by atoms with Crippen LogP contribution in [0.25, 0.3) is 0 Å². The molecule has 1 atom stereocenters. The second-order valence-corrected chi connectivity index (χ2v) is 4.86. The topological polar surface area (TPSA) is 77.0 Å². The Morgan fingerprint density at radius 2 is 2.25 bits per heavy atom. The molecule has 0 fully saturated rings. The van der Waals surface area contributed by atoms with Gasteiger partial charge in [0.1, 0.15) is 0 Å². The summed E-state index contributed by atoms with van der Waals surface area (Å²) in [5.41, 5.74) is 6.10. The van der Waals surface area contributed by atoms with Crippen LogP contribution in [-0.4, -0.2) is 25.7 Å². The van der Waals surface area contributed by atoms with Crippen LogP contribution in [0.4, 0.5) is 0 Å². The van der Waals surface area contributed by atoms with Crippen LogP contribution in [0.1, 0.15) is 51.8 Å².